The molecule has 0 aliphatic carbocycles. The number of hydrogen-bond acceptors (Lipinski definition) is 2. The van der Waals surface area contributed by atoms with Gasteiger partial charge in [0.15, 0.2) is 6.10 Å². The first kappa shape index (κ1) is 11.9. The van der Waals surface area contributed by atoms with Gasteiger partial charge in [0.1, 0.15) is 5.75 Å². The van der Waals surface area contributed by atoms with Crippen LogP contribution in [-0.4, -0.2) is 17.2 Å². The van der Waals surface area contributed by atoms with Gasteiger partial charge in [0, 0.05) is 0 Å². The number of ether oxygens (including phenoxy) is 1. The van der Waals surface area contributed by atoms with E-state index in [1.165, 1.54) is 0 Å². The molecule has 0 aromatic heterocycles. The van der Waals surface area contributed by atoms with Crippen LogP contribution in [0.4, 0.5) is 0 Å². The summed E-state index contributed by atoms with van der Waals surface area (Å²) in [6.07, 6.45) is -0.441. The van der Waals surface area contributed by atoms with Crippen molar-refractivity contribution in [1.29, 1.82) is 0 Å². The summed E-state index contributed by atoms with van der Waals surface area (Å²) in [6.45, 7) is 3.65. The van der Waals surface area contributed by atoms with Crippen molar-refractivity contribution in [3.8, 4) is 5.75 Å². The lowest BCUT2D eigenvalue weighted by Crippen LogP contribution is -2.26. The molecule has 82 valence electrons. The minimum Gasteiger partial charge on any atom is -0.479 e. The molecule has 15 heavy (non-hydrogen) atoms. The Kier molecular flexibility index (Phi) is 3.97. The highest BCUT2D eigenvalue weighted by Gasteiger charge is 2.17. The van der Waals surface area contributed by atoms with Crippen LogP contribution in [0.1, 0.15) is 18.9 Å². The van der Waals surface area contributed by atoms with Gasteiger partial charge in [-0.05, 0) is 31.0 Å². The molecule has 0 spiro atoms. The van der Waals surface area contributed by atoms with E-state index in [2.05, 4.69) is 0 Å². The molecule has 0 aliphatic heterocycles. The number of benzene rings is 1. The average molecular weight is 229 g/mol. The lowest BCUT2D eigenvalue weighted by atomic mass is 10.2. The number of hydrogen-bond donors (Lipinski definition) is 1. The molecule has 1 aromatic carbocycles. The van der Waals surface area contributed by atoms with E-state index in [0.29, 0.717) is 17.2 Å². The van der Waals surface area contributed by atoms with E-state index in [9.17, 15) is 4.79 Å². The van der Waals surface area contributed by atoms with E-state index >= 15 is 0 Å². The molecule has 0 amide bonds. The second-order valence-corrected chi connectivity index (χ2v) is 3.69. The molecule has 0 aliphatic rings. The zero-order valence-electron chi connectivity index (χ0n) is 8.66. The summed E-state index contributed by atoms with van der Waals surface area (Å²) < 4.78 is 5.31. The molecule has 0 saturated carbocycles. The van der Waals surface area contributed by atoms with Crippen LogP contribution in [0.2, 0.25) is 5.02 Å². The fraction of sp³-hybridized carbons (Fsp3) is 0.364. The Bertz CT molecular complexity index is 363. The summed E-state index contributed by atoms with van der Waals surface area (Å²) in [6, 6.07) is 5.27. The maximum absolute atomic E-state index is 10.8. The zero-order chi connectivity index (χ0) is 11.4. The minimum absolute atomic E-state index is 0.402. The first-order chi connectivity index (χ1) is 7.04. The third-order valence-corrected chi connectivity index (χ3v) is 2.31. The van der Waals surface area contributed by atoms with Gasteiger partial charge in [0.2, 0.25) is 0 Å². The van der Waals surface area contributed by atoms with Crippen molar-refractivity contribution in [3.63, 3.8) is 0 Å². The Hall–Kier alpha value is -1.22. The quantitative estimate of drug-likeness (QED) is 0.862. The monoisotopic (exact) mass is 228 g/mol. The van der Waals surface area contributed by atoms with Crippen LogP contribution in [0.25, 0.3) is 0 Å². The lowest BCUT2D eigenvalue weighted by Gasteiger charge is -2.14. The maximum Gasteiger partial charge on any atom is 0.344 e. The molecule has 0 radical (unpaired) electrons. The van der Waals surface area contributed by atoms with Gasteiger partial charge < -0.3 is 9.84 Å². The third-order valence-electron chi connectivity index (χ3n) is 2.00. The van der Waals surface area contributed by atoms with Crippen LogP contribution >= 0.6 is 11.6 Å². The largest absolute Gasteiger partial charge is 0.479 e. The van der Waals surface area contributed by atoms with Crippen LogP contribution < -0.4 is 4.74 Å². The van der Waals surface area contributed by atoms with Gasteiger partial charge in [-0.1, -0.05) is 24.6 Å². The van der Waals surface area contributed by atoms with Gasteiger partial charge in [0.05, 0.1) is 5.02 Å². The molecule has 3 nitrogen and oxygen atoms in total. The summed E-state index contributed by atoms with van der Waals surface area (Å²) in [5.41, 5.74) is 0.981. The highest BCUT2D eigenvalue weighted by Crippen LogP contribution is 2.26. The molecular weight excluding hydrogens is 216 g/mol. The van der Waals surface area contributed by atoms with E-state index in [1.807, 2.05) is 13.0 Å². The third kappa shape index (κ3) is 3.13. The number of carboxylic acids is 1. The van der Waals surface area contributed by atoms with Crippen molar-refractivity contribution in [2.24, 2.45) is 0 Å². The Morgan fingerprint density at radius 1 is 1.60 bits per heavy atom. The molecule has 0 saturated heterocycles. The highest BCUT2D eigenvalue weighted by molar-refractivity contribution is 6.32. The van der Waals surface area contributed by atoms with Gasteiger partial charge in [0.25, 0.3) is 0 Å². The fourth-order valence-corrected chi connectivity index (χ4v) is 1.32. The van der Waals surface area contributed by atoms with Crippen molar-refractivity contribution in [2.45, 2.75) is 26.4 Å². The maximum atomic E-state index is 10.8. The van der Waals surface area contributed by atoms with Gasteiger partial charge in [-0.25, -0.2) is 4.79 Å². The number of halogens is 1. The van der Waals surface area contributed by atoms with Gasteiger partial charge in [-0.2, -0.15) is 0 Å². The average Bonchev–Trinajstić information content (AvgIpc) is 2.18. The highest BCUT2D eigenvalue weighted by atomic mass is 35.5. The Labute approximate surface area is 93.6 Å². The molecule has 1 atom stereocenters. The van der Waals surface area contributed by atoms with Crippen LogP contribution in [0.15, 0.2) is 18.2 Å². The minimum atomic E-state index is -0.977. The van der Waals surface area contributed by atoms with Crippen LogP contribution in [0, 0.1) is 6.92 Å². The number of carbonyl (C=O) groups is 1. The van der Waals surface area contributed by atoms with Crippen LogP contribution in [0.5, 0.6) is 5.75 Å². The second-order valence-electron chi connectivity index (χ2n) is 3.29. The molecule has 4 heteroatoms. The van der Waals surface area contributed by atoms with E-state index < -0.39 is 12.1 Å². The molecule has 0 fully saturated rings. The van der Waals surface area contributed by atoms with Crippen molar-refractivity contribution in [1.82, 2.24) is 0 Å². The number of aliphatic carboxylic acids is 1. The zero-order valence-corrected chi connectivity index (χ0v) is 9.41. The molecule has 1 N–H and O–H groups in total. The predicted molar refractivity (Wildman–Crippen MR) is 58.5 cm³/mol. The SMILES string of the molecule is CC[C@H](Oc1cc(C)ccc1Cl)C(=O)O. The normalized spacial score (nSPS) is 12.2. The number of rotatable bonds is 4. The Morgan fingerprint density at radius 2 is 2.27 bits per heavy atom. The number of carboxylic acid groups (broad SMARTS) is 1. The summed E-state index contributed by atoms with van der Waals surface area (Å²) in [5.74, 6) is -0.555. The molecule has 1 aromatic rings. The summed E-state index contributed by atoms with van der Waals surface area (Å²) in [7, 11) is 0. The molecule has 0 heterocycles. The van der Waals surface area contributed by atoms with E-state index in [-0.39, 0.29) is 0 Å². The predicted octanol–water partition coefficient (Wildman–Crippen LogP) is 2.89. The lowest BCUT2D eigenvalue weighted by molar-refractivity contribution is -0.145. The molecule has 0 bridgehead atoms. The summed E-state index contributed by atoms with van der Waals surface area (Å²) in [5, 5.41) is 9.26. The van der Waals surface area contributed by atoms with Crippen LogP contribution in [0.3, 0.4) is 0 Å². The fourth-order valence-electron chi connectivity index (χ4n) is 1.16. The molecule has 0 unspecified atom stereocenters. The molecule has 1 rings (SSSR count). The van der Waals surface area contributed by atoms with Crippen molar-refractivity contribution < 1.29 is 14.6 Å². The van der Waals surface area contributed by atoms with Crippen molar-refractivity contribution in [3.05, 3.63) is 28.8 Å². The Balaban J connectivity index is 2.87. The van der Waals surface area contributed by atoms with Gasteiger partial charge in [-0.3, -0.25) is 0 Å². The van der Waals surface area contributed by atoms with Crippen molar-refractivity contribution in [2.75, 3.05) is 0 Å². The summed E-state index contributed by atoms with van der Waals surface area (Å²) in [4.78, 5) is 10.8. The smallest absolute Gasteiger partial charge is 0.344 e. The first-order valence-electron chi connectivity index (χ1n) is 4.70. The Morgan fingerprint density at radius 3 is 2.80 bits per heavy atom. The van der Waals surface area contributed by atoms with Gasteiger partial charge in [-0.15, -0.1) is 0 Å². The topological polar surface area (TPSA) is 46.5 Å². The second kappa shape index (κ2) is 5.03. The van der Waals surface area contributed by atoms with Crippen molar-refractivity contribution >= 4 is 17.6 Å². The van der Waals surface area contributed by atoms with Gasteiger partial charge >= 0.3 is 5.97 Å². The number of aryl methyl sites for hydroxylation is 1. The van der Waals surface area contributed by atoms with E-state index in [1.54, 1.807) is 19.1 Å². The standard InChI is InChI=1S/C11H13ClO3/c1-3-9(11(13)14)15-10-6-7(2)4-5-8(10)12/h4-6,9H,3H2,1-2H3,(H,13,14)/t9-/m0/s1. The van der Waals surface area contributed by atoms with E-state index in [0.717, 1.165) is 5.56 Å². The van der Waals surface area contributed by atoms with Crippen LogP contribution in [-0.2, 0) is 4.79 Å². The summed E-state index contributed by atoms with van der Waals surface area (Å²) >= 11 is 5.88. The van der Waals surface area contributed by atoms with E-state index in [4.69, 9.17) is 21.4 Å². The molecular formula is C11H13ClO3. The first-order valence-corrected chi connectivity index (χ1v) is 5.08.